The van der Waals surface area contributed by atoms with Crippen LogP contribution in [0.4, 0.5) is 0 Å². The maximum atomic E-state index is 11.5. The summed E-state index contributed by atoms with van der Waals surface area (Å²) in [6.07, 6.45) is 1.66. The number of hydrogen-bond acceptors (Lipinski definition) is 2. The Kier molecular flexibility index (Phi) is 2.64. The zero-order valence-electron chi connectivity index (χ0n) is 8.21. The molecule has 4 heteroatoms. The van der Waals surface area contributed by atoms with E-state index in [1.165, 1.54) is 0 Å². The predicted molar refractivity (Wildman–Crippen MR) is 59.9 cm³/mol. The molecule has 1 N–H and O–H groups in total. The van der Waals surface area contributed by atoms with Gasteiger partial charge in [0.2, 0.25) is 0 Å². The van der Waals surface area contributed by atoms with Crippen molar-refractivity contribution in [1.82, 2.24) is 4.98 Å². The number of carbonyl (C=O) groups is 1. The SMILES string of the molecule is COc1cccc2[nH]cc(C(=O)CCl)c12. The summed E-state index contributed by atoms with van der Waals surface area (Å²) in [7, 11) is 1.58. The van der Waals surface area contributed by atoms with E-state index < -0.39 is 0 Å². The van der Waals surface area contributed by atoms with Crippen molar-refractivity contribution in [3.8, 4) is 5.75 Å². The number of nitrogens with one attached hydrogen (secondary N) is 1. The Morgan fingerprint density at radius 3 is 3.00 bits per heavy atom. The highest BCUT2D eigenvalue weighted by molar-refractivity contribution is 6.32. The van der Waals surface area contributed by atoms with Crippen molar-refractivity contribution >= 4 is 28.3 Å². The van der Waals surface area contributed by atoms with Gasteiger partial charge in [0.05, 0.1) is 18.4 Å². The number of fused-ring (bicyclic) bond motifs is 1. The highest BCUT2D eigenvalue weighted by atomic mass is 35.5. The second-order valence-corrected chi connectivity index (χ2v) is 3.41. The van der Waals surface area contributed by atoms with Crippen LogP contribution in [0.25, 0.3) is 10.9 Å². The molecular weight excluding hydrogens is 214 g/mol. The van der Waals surface area contributed by atoms with Gasteiger partial charge in [-0.1, -0.05) is 6.07 Å². The fraction of sp³-hybridized carbons (Fsp3) is 0.182. The third kappa shape index (κ3) is 1.59. The van der Waals surface area contributed by atoms with E-state index in [2.05, 4.69) is 4.98 Å². The molecule has 1 heterocycles. The summed E-state index contributed by atoms with van der Waals surface area (Å²) in [6, 6.07) is 5.58. The molecule has 2 rings (SSSR count). The van der Waals surface area contributed by atoms with Crippen molar-refractivity contribution in [2.75, 3.05) is 13.0 Å². The zero-order chi connectivity index (χ0) is 10.8. The van der Waals surface area contributed by atoms with Gasteiger partial charge in [0, 0.05) is 17.3 Å². The normalized spacial score (nSPS) is 10.5. The Labute approximate surface area is 92.0 Å². The second-order valence-electron chi connectivity index (χ2n) is 3.14. The summed E-state index contributed by atoms with van der Waals surface area (Å²) >= 11 is 5.54. The van der Waals surface area contributed by atoms with Crippen LogP contribution in [-0.4, -0.2) is 23.8 Å². The standard InChI is InChI=1S/C11H10ClNO2/c1-15-10-4-2-3-8-11(10)7(6-13-8)9(14)5-12/h2-4,6,13H,5H2,1H3. The Morgan fingerprint density at radius 1 is 1.53 bits per heavy atom. The van der Waals surface area contributed by atoms with E-state index in [4.69, 9.17) is 16.3 Å². The number of aromatic nitrogens is 1. The molecule has 78 valence electrons. The predicted octanol–water partition coefficient (Wildman–Crippen LogP) is 2.60. The molecule has 0 aliphatic carbocycles. The summed E-state index contributed by atoms with van der Waals surface area (Å²) in [5.74, 6) is 0.556. The number of rotatable bonds is 3. The van der Waals surface area contributed by atoms with Crippen molar-refractivity contribution in [2.24, 2.45) is 0 Å². The number of ether oxygens (including phenoxy) is 1. The third-order valence-corrected chi connectivity index (χ3v) is 2.55. The lowest BCUT2D eigenvalue weighted by atomic mass is 10.1. The fourth-order valence-electron chi connectivity index (χ4n) is 1.61. The minimum Gasteiger partial charge on any atom is -0.496 e. The lowest BCUT2D eigenvalue weighted by molar-refractivity contribution is 0.102. The number of aromatic amines is 1. The summed E-state index contributed by atoms with van der Waals surface area (Å²) in [5.41, 5.74) is 1.46. The van der Waals surface area contributed by atoms with Crippen molar-refractivity contribution in [3.63, 3.8) is 0 Å². The van der Waals surface area contributed by atoms with Crippen LogP contribution in [-0.2, 0) is 0 Å². The molecule has 0 saturated carbocycles. The van der Waals surface area contributed by atoms with Gasteiger partial charge in [-0.15, -0.1) is 11.6 Å². The van der Waals surface area contributed by atoms with E-state index in [1.807, 2.05) is 18.2 Å². The molecule has 0 saturated heterocycles. The Balaban J connectivity index is 2.71. The van der Waals surface area contributed by atoms with Gasteiger partial charge < -0.3 is 9.72 Å². The molecule has 0 unspecified atom stereocenters. The van der Waals surface area contributed by atoms with Crippen LogP contribution in [0.15, 0.2) is 24.4 Å². The average molecular weight is 224 g/mol. The van der Waals surface area contributed by atoms with Crippen LogP contribution < -0.4 is 4.74 Å². The smallest absolute Gasteiger partial charge is 0.179 e. The van der Waals surface area contributed by atoms with Crippen LogP contribution in [0.1, 0.15) is 10.4 Å². The molecular formula is C11H10ClNO2. The van der Waals surface area contributed by atoms with Gasteiger partial charge in [-0.05, 0) is 12.1 Å². The Morgan fingerprint density at radius 2 is 2.33 bits per heavy atom. The van der Waals surface area contributed by atoms with Crippen molar-refractivity contribution in [3.05, 3.63) is 30.0 Å². The molecule has 3 nitrogen and oxygen atoms in total. The summed E-state index contributed by atoms with van der Waals surface area (Å²) in [6.45, 7) is 0. The fourth-order valence-corrected chi connectivity index (χ4v) is 1.76. The molecule has 0 amide bonds. The molecule has 0 spiro atoms. The highest BCUT2D eigenvalue weighted by Crippen LogP contribution is 2.28. The van der Waals surface area contributed by atoms with Gasteiger partial charge in [0.15, 0.2) is 5.78 Å². The van der Waals surface area contributed by atoms with E-state index in [0.717, 1.165) is 10.9 Å². The first-order valence-electron chi connectivity index (χ1n) is 4.51. The summed E-state index contributed by atoms with van der Waals surface area (Å²) in [5, 5.41) is 0.797. The molecule has 0 bridgehead atoms. The minimum absolute atomic E-state index is 0.0228. The number of Topliss-reactive ketones (excluding diaryl/α,β-unsaturated/α-hetero) is 1. The van der Waals surface area contributed by atoms with Gasteiger partial charge in [0.1, 0.15) is 5.75 Å². The van der Waals surface area contributed by atoms with Crippen LogP contribution in [0, 0.1) is 0 Å². The Bertz CT molecular complexity index is 504. The monoisotopic (exact) mass is 223 g/mol. The van der Waals surface area contributed by atoms with Gasteiger partial charge in [-0.2, -0.15) is 0 Å². The van der Waals surface area contributed by atoms with Crippen LogP contribution in [0.3, 0.4) is 0 Å². The largest absolute Gasteiger partial charge is 0.496 e. The average Bonchev–Trinajstić information content (AvgIpc) is 2.71. The van der Waals surface area contributed by atoms with Crippen molar-refractivity contribution < 1.29 is 9.53 Å². The van der Waals surface area contributed by atoms with Crippen molar-refractivity contribution in [2.45, 2.75) is 0 Å². The quantitative estimate of drug-likeness (QED) is 0.642. The molecule has 1 aromatic heterocycles. The number of halogens is 1. The van der Waals surface area contributed by atoms with E-state index in [-0.39, 0.29) is 11.7 Å². The molecule has 0 aliphatic heterocycles. The van der Waals surface area contributed by atoms with Crippen molar-refractivity contribution in [1.29, 1.82) is 0 Å². The van der Waals surface area contributed by atoms with E-state index >= 15 is 0 Å². The topological polar surface area (TPSA) is 42.1 Å². The molecule has 15 heavy (non-hydrogen) atoms. The van der Waals surface area contributed by atoms with E-state index in [1.54, 1.807) is 13.3 Å². The molecule has 0 fully saturated rings. The number of carbonyl (C=O) groups excluding carboxylic acids is 1. The molecule has 1 aromatic carbocycles. The molecule has 0 atom stereocenters. The minimum atomic E-state index is -0.104. The first kappa shape index (κ1) is 10.1. The number of alkyl halides is 1. The second kappa shape index (κ2) is 3.95. The molecule has 0 radical (unpaired) electrons. The lowest BCUT2D eigenvalue weighted by Gasteiger charge is -2.02. The number of hydrogen-bond donors (Lipinski definition) is 1. The maximum Gasteiger partial charge on any atom is 0.179 e. The number of ketones is 1. The molecule has 0 aliphatic rings. The third-order valence-electron chi connectivity index (χ3n) is 2.31. The van der Waals surface area contributed by atoms with Gasteiger partial charge in [-0.3, -0.25) is 4.79 Å². The first-order valence-corrected chi connectivity index (χ1v) is 5.04. The van der Waals surface area contributed by atoms with Crippen LogP contribution in [0.5, 0.6) is 5.75 Å². The lowest BCUT2D eigenvalue weighted by Crippen LogP contribution is -1.99. The number of H-pyrrole nitrogens is 1. The van der Waals surface area contributed by atoms with Gasteiger partial charge in [-0.25, -0.2) is 0 Å². The van der Waals surface area contributed by atoms with E-state index in [0.29, 0.717) is 11.3 Å². The highest BCUT2D eigenvalue weighted by Gasteiger charge is 2.14. The van der Waals surface area contributed by atoms with Gasteiger partial charge >= 0.3 is 0 Å². The molecule has 2 aromatic rings. The first-order chi connectivity index (χ1) is 7.27. The maximum absolute atomic E-state index is 11.5. The summed E-state index contributed by atoms with van der Waals surface area (Å²) in [4.78, 5) is 14.6. The van der Waals surface area contributed by atoms with Crippen LogP contribution in [0.2, 0.25) is 0 Å². The zero-order valence-corrected chi connectivity index (χ0v) is 8.97. The number of benzene rings is 1. The Hall–Kier alpha value is -1.48. The van der Waals surface area contributed by atoms with E-state index in [9.17, 15) is 4.79 Å². The van der Waals surface area contributed by atoms with Crippen LogP contribution >= 0.6 is 11.6 Å². The number of methoxy groups -OCH3 is 1. The van der Waals surface area contributed by atoms with Gasteiger partial charge in [0.25, 0.3) is 0 Å². The summed E-state index contributed by atoms with van der Waals surface area (Å²) < 4.78 is 5.21.